The Morgan fingerprint density at radius 3 is 2.61 bits per heavy atom. The van der Waals surface area contributed by atoms with Gasteiger partial charge in [0, 0.05) is 6.54 Å². The molecule has 18 heavy (non-hydrogen) atoms. The van der Waals surface area contributed by atoms with E-state index < -0.39 is 0 Å². The molecule has 0 aliphatic carbocycles. The zero-order chi connectivity index (χ0) is 13.2. The second-order valence-electron chi connectivity index (χ2n) is 5.45. The van der Waals surface area contributed by atoms with E-state index in [9.17, 15) is 0 Å². The average Bonchev–Trinajstić information content (AvgIpc) is 2.77. The van der Waals surface area contributed by atoms with Gasteiger partial charge in [-0.05, 0) is 24.1 Å². The number of hydrogen-bond acceptors (Lipinski definition) is 3. The first-order chi connectivity index (χ1) is 8.52. The molecule has 4 nitrogen and oxygen atoms in total. The van der Waals surface area contributed by atoms with E-state index in [2.05, 4.69) is 54.6 Å². The molecule has 0 fully saturated rings. The second-order valence-corrected chi connectivity index (χ2v) is 5.45. The first-order valence-electron chi connectivity index (χ1n) is 6.18. The standard InChI is InChI=1S/C14H20N4/c1-14(2,3)12-7-5-6-8-13(12)18-10-11(9-15-4)16-17-18/h5-8,10,15H,9H2,1-4H3. The molecule has 0 atom stereocenters. The van der Waals surface area contributed by atoms with Gasteiger partial charge in [0.05, 0.1) is 17.6 Å². The Morgan fingerprint density at radius 2 is 1.94 bits per heavy atom. The normalized spacial score (nSPS) is 11.8. The van der Waals surface area contributed by atoms with Crippen LogP contribution in [0.3, 0.4) is 0 Å². The van der Waals surface area contributed by atoms with Crippen LogP contribution >= 0.6 is 0 Å². The monoisotopic (exact) mass is 244 g/mol. The van der Waals surface area contributed by atoms with Gasteiger partial charge in [-0.25, -0.2) is 4.68 Å². The van der Waals surface area contributed by atoms with Crippen molar-refractivity contribution in [3.63, 3.8) is 0 Å². The molecule has 0 aliphatic rings. The van der Waals surface area contributed by atoms with Crippen molar-refractivity contribution >= 4 is 0 Å². The third kappa shape index (κ3) is 2.59. The number of benzene rings is 1. The molecule has 2 rings (SSSR count). The van der Waals surface area contributed by atoms with Crippen LogP contribution in [0.5, 0.6) is 0 Å². The van der Waals surface area contributed by atoms with Gasteiger partial charge in [0.2, 0.25) is 0 Å². The molecular weight excluding hydrogens is 224 g/mol. The molecule has 0 aliphatic heterocycles. The van der Waals surface area contributed by atoms with E-state index in [4.69, 9.17) is 0 Å². The molecule has 1 N–H and O–H groups in total. The van der Waals surface area contributed by atoms with Gasteiger partial charge in [-0.3, -0.25) is 0 Å². The van der Waals surface area contributed by atoms with Gasteiger partial charge >= 0.3 is 0 Å². The number of para-hydroxylation sites is 1. The van der Waals surface area contributed by atoms with Gasteiger partial charge in [-0.1, -0.05) is 44.2 Å². The van der Waals surface area contributed by atoms with E-state index in [1.165, 1.54) is 5.56 Å². The predicted molar refractivity (Wildman–Crippen MR) is 72.8 cm³/mol. The van der Waals surface area contributed by atoms with E-state index in [0.29, 0.717) is 0 Å². The van der Waals surface area contributed by atoms with Crippen molar-refractivity contribution in [1.82, 2.24) is 20.3 Å². The van der Waals surface area contributed by atoms with Crippen LogP contribution in [0, 0.1) is 0 Å². The lowest BCUT2D eigenvalue weighted by atomic mass is 9.86. The van der Waals surface area contributed by atoms with Crippen LogP contribution in [-0.2, 0) is 12.0 Å². The number of rotatable bonds is 3. The zero-order valence-electron chi connectivity index (χ0n) is 11.4. The van der Waals surface area contributed by atoms with Crippen LogP contribution in [-0.4, -0.2) is 22.0 Å². The van der Waals surface area contributed by atoms with E-state index >= 15 is 0 Å². The summed E-state index contributed by atoms with van der Waals surface area (Å²) in [7, 11) is 1.90. The van der Waals surface area contributed by atoms with Gasteiger partial charge < -0.3 is 5.32 Å². The number of aromatic nitrogens is 3. The van der Waals surface area contributed by atoms with E-state index in [1.807, 2.05) is 24.0 Å². The summed E-state index contributed by atoms with van der Waals surface area (Å²) in [4.78, 5) is 0. The number of nitrogens with zero attached hydrogens (tertiary/aromatic N) is 3. The fourth-order valence-electron chi connectivity index (χ4n) is 1.99. The van der Waals surface area contributed by atoms with E-state index in [1.54, 1.807) is 0 Å². The Morgan fingerprint density at radius 1 is 1.22 bits per heavy atom. The molecule has 0 saturated heterocycles. The molecule has 0 spiro atoms. The van der Waals surface area contributed by atoms with Crippen molar-refractivity contribution in [3.05, 3.63) is 41.7 Å². The third-order valence-electron chi connectivity index (χ3n) is 2.86. The van der Waals surface area contributed by atoms with E-state index in [0.717, 1.165) is 17.9 Å². The highest BCUT2D eigenvalue weighted by Crippen LogP contribution is 2.27. The SMILES string of the molecule is CNCc1cn(-c2ccccc2C(C)(C)C)nn1. The van der Waals surface area contributed by atoms with Gasteiger partial charge in [0.1, 0.15) is 0 Å². The van der Waals surface area contributed by atoms with Crippen LogP contribution in [0.2, 0.25) is 0 Å². The van der Waals surface area contributed by atoms with Crippen molar-refractivity contribution in [1.29, 1.82) is 0 Å². The summed E-state index contributed by atoms with van der Waals surface area (Å²) >= 11 is 0. The van der Waals surface area contributed by atoms with Gasteiger partial charge in [-0.2, -0.15) is 0 Å². The Kier molecular flexibility index (Phi) is 3.48. The molecule has 1 heterocycles. The van der Waals surface area contributed by atoms with Gasteiger partial charge in [-0.15, -0.1) is 5.10 Å². The van der Waals surface area contributed by atoms with Gasteiger partial charge in [0.15, 0.2) is 0 Å². The van der Waals surface area contributed by atoms with Gasteiger partial charge in [0.25, 0.3) is 0 Å². The Bertz CT molecular complexity index is 523. The highest BCUT2D eigenvalue weighted by atomic mass is 15.4. The molecule has 4 heteroatoms. The van der Waals surface area contributed by atoms with Crippen LogP contribution in [0.15, 0.2) is 30.5 Å². The second kappa shape index (κ2) is 4.90. The molecule has 0 radical (unpaired) electrons. The predicted octanol–water partition coefficient (Wildman–Crippen LogP) is 2.28. The molecule has 1 aromatic heterocycles. The van der Waals surface area contributed by atoms with E-state index in [-0.39, 0.29) is 5.41 Å². The Balaban J connectivity index is 2.43. The maximum atomic E-state index is 4.21. The number of nitrogens with one attached hydrogen (secondary N) is 1. The summed E-state index contributed by atoms with van der Waals surface area (Å²) < 4.78 is 1.85. The van der Waals surface area contributed by atoms with Crippen molar-refractivity contribution in [2.24, 2.45) is 0 Å². The summed E-state index contributed by atoms with van der Waals surface area (Å²) in [5.41, 5.74) is 3.40. The van der Waals surface area contributed by atoms with Crippen molar-refractivity contribution in [3.8, 4) is 5.69 Å². The molecule has 1 aromatic carbocycles. The highest BCUT2D eigenvalue weighted by Gasteiger charge is 2.18. The lowest BCUT2D eigenvalue weighted by Crippen LogP contribution is -2.15. The van der Waals surface area contributed by atoms with Crippen molar-refractivity contribution < 1.29 is 0 Å². The fraction of sp³-hybridized carbons (Fsp3) is 0.429. The zero-order valence-corrected chi connectivity index (χ0v) is 11.4. The minimum absolute atomic E-state index is 0.0890. The maximum Gasteiger partial charge on any atom is 0.0969 e. The number of hydrogen-bond donors (Lipinski definition) is 1. The fourth-order valence-corrected chi connectivity index (χ4v) is 1.99. The molecule has 0 unspecified atom stereocenters. The lowest BCUT2D eigenvalue weighted by Gasteiger charge is -2.22. The molecule has 0 amide bonds. The molecule has 0 bridgehead atoms. The van der Waals surface area contributed by atoms with Crippen LogP contribution < -0.4 is 5.32 Å². The third-order valence-corrected chi connectivity index (χ3v) is 2.86. The van der Waals surface area contributed by atoms with Crippen LogP contribution in [0.25, 0.3) is 5.69 Å². The van der Waals surface area contributed by atoms with Crippen LogP contribution in [0.4, 0.5) is 0 Å². The molecule has 96 valence electrons. The maximum absolute atomic E-state index is 4.21. The Hall–Kier alpha value is -1.68. The minimum Gasteiger partial charge on any atom is -0.314 e. The van der Waals surface area contributed by atoms with Crippen molar-refractivity contribution in [2.75, 3.05) is 7.05 Å². The first-order valence-corrected chi connectivity index (χ1v) is 6.18. The smallest absolute Gasteiger partial charge is 0.0969 e. The molecule has 0 saturated carbocycles. The average molecular weight is 244 g/mol. The summed E-state index contributed by atoms with van der Waals surface area (Å²) in [6.45, 7) is 7.35. The summed E-state index contributed by atoms with van der Waals surface area (Å²) in [6, 6.07) is 8.33. The summed E-state index contributed by atoms with van der Waals surface area (Å²) in [5, 5.41) is 11.4. The summed E-state index contributed by atoms with van der Waals surface area (Å²) in [5.74, 6) is 0. The highest BCUT2D eigenvalue weighted by molar-refractivity contribution is 5.44. The lowest BCUT2D eigenvalue weighted by molar-refractivity contribution is 0.582. The largest absolute Gasteiger partial charge is 0.314 e. The first kappa shape index (κ1) is 12.8. The molecular formula is C14H20N4. The topological polar surface area (TPSA) is 42.7 Å². The van der Waals surface area contributed by atoms with Crippen LogP contribution in [0.1, 0.15) is 32.0 Å². The Labute approximate surface area is 108 Å². The molecule has 2 aromatic rings. The minimum atomic E-state index is 0.0890. The summed E-state index contributed by atoms with van der Waals surface area (Å²) in [6.07, 6.45) is 1.97. The van der Waals surface area contributed by atoms with Crippen molar-refractivity contribution in [2.45, 2.75) is 32.7 Å². The quantitative estimate of drug-likeness (QED) is 0.900.